The van der Waals surface area contributed by atoms with Gasteiger partial charge in [-0.1, -0.05) is 26.2 Å². The molecule has 5 heteroatoms. The Balaban J connectivity index is 1.93. The van der Waals surface area contributed by atoms with Gasteiger partial charge in [0.05, 0.1) is 17.1 Å². The summed E-state index contributed by atoms with van der Waals surface area (Å²) in [7, 11) is 0. The van der Waals surface area contributed by atoms with Crippen molar-refractivity contribution >= 4 is 17.3 Å². The van der Waals surface area contributed by atoms with Gasteiger partial charge in [0.2, 0.25) is 0 Å². The highest BCUT2D eigenvalue weighted by Gasteiger charge is 2.15. The fourth-order valence-corrected chi connectivity index (χ4v) is 3.96. The number of likely N-dealkylation sites (tertiary alicyclic amines) is 1. The van der Waals surface area contributed by atoms with Crippen LogP contribution in [0.2, 0.25) is 0 Å². The third-order valence-electron chi connectivity index (χ3n) is 3.96. The van der Waals surface area contributed by atoms with Crippen LogP contribution in [0.1, 0.15) is 54.6 Å². The monoisotopic (exact) mass is 310 g/mol. The van der Waals surface area contributed by atoms with Crippen molar-refractivity contribution < 1.29 is 9.90 Å². The first-order valence-electron chi connectivity index (χ1n) is 8.10. The third-order valence-corrected chi connectivity index (χ3v) is 5.12. The summed E-state index contributed by atoms with van der Waals surface area (Å²) in [6.07, 6.45) is 8.32. The zero-order valence-corrected chi connectivity index (χ0v) is 13.8. The maximum Gasteiger partial charge on any atom is 0.308 e. The molecule has 1 aliphatic heterocycles. The van der Waals surface area contributed by atoms with Gasteiger partial charge in [0.25, 0.3) is 0 Å². The fourth-order valence-electron chi connectivity index (χ4n) is 2.86. The highest BCUT2D eigenvalue weighted by atomic mass is 32.1. The summed E-state index contributed by atoms with van der Waals surface area (Å²) in [6, 6.07) is 0. The van der Waals surface area contributed by atoms with E-state index in [1.165, 1.54) is 38.8 Å². The minimum Gasteiger partial charge on any atom is -0.481 e. The Kier molecular flexibility index (Phi) is 6.64. The van der Waals surface area contributed by atoms with E-state index in [1.54, 1.807) is 11.3 Å². The number of aliphatic carboxylic acids is 1. The molecule has 0 radical (unpaired) electrons. The largest absolute Gasteiger partial charge is 0.481 e. The lowest BCUT2D eigenvalue weighted by Gasteiger charge is -2.18. The number of aryl methyl sites for hydroxylation is 1. The molecule has 0 unspecified atom stereocenters. The molecule has 2 heterocycles. The van der Waals surface area contributed by atoms with Gasteiger partial charge in [-0.05, 0) is 32.4 Å². The summed E-state index contributed by atoms with van der Waals surface area (Å²) in [5.74, 6) is -0.755. The van der Waals surface area contributed by atoms with E-state index in [-0.39, 0.29) is 6.42 Å². The zero-order chi connectivity index (χ0) is 15.1. The molecule has 1 N–H and O–H groups in total. The summed E-state index contributed by atoms with van der Waals surface area (Å²) < 4.78 is 0. The van der Waals surface area contributed by atoms with Gasteiger partial charge in [-0.2, -0.15) is 0 Å². The molecule has 21 heavy (non-hydrogen) atoms. The molecule has 0 spiro atoms. The number of nitrogens with zero attached hydrogens (tertiary/aromatic N) is 2. The molecule has 4 nitrogen and oxygen atoms in total. The summed E-state index contributed by atoms with van der Waals surface area (Å²) in [4.78, 5) is 19.1. The summed E-state index contributed by atoms with van der Waals surface area (Å²) >= 11 is 1.60. The van der Waals surface area contributed by atoms with Crippen LogP contribution < -0.4 is 0 Å². The van der Waals surface area contributed by atoms with Crippen molar-refractivity contribution in [2.24, 2.45) is 0 Å². The lowest BCUT2D eigenvalue weighted by molar-refractivity contribution is -0.136. The van der Waals surface area contributed by atoms with E-state index in [2.05, 4.69) is 16.8 Å². The van der Waals surface area contributed by atoms with Gasteiger partial charge in [-0.3, -0.25) is 4.79 Å². The van der Waals surface area contributed by atoms with Crippen molar-refractivity contribution in [1.29, 1.82) is 0 Å². The van der Waals surface area contributed by atoms with Crippen molar-refractivity contribution in [1.82, 2.24) is 9.88 Å². The van der Waals surface area contributed by atoms with E-state index in [4.69, 9.17) is 5.11 Å². The predicted octanol–water partition coefficient (Wildman–Crippen LogP) is 3.14. The predicted molar refractivity (Wildman–Crippen MR) is 86.1 cm³/mol. The van der Waals surface area contributed by atoms with E-state index < -0.39 is 5.97 Å². The van der Waals surface area contributed by atoms with Gasteiger partial charge in [0.15, 0.2) is 0 Å². The first-order valence-corrected chi connectivity index (χ1v) is 8.92. The third kappa shape index (κ3) is 5.40. The minimum atomic E-state index is -0.755. The number of thiazole rings is 1. The average molecular weight is 310 g/mol. The molecule has 0 bridgehead atoms. The Morgan fingerprint density at radius 3 is 2.57 bits per heavy atom. The summed E-state index contributed by atoms with van der Waals surface area (Å²) in [6.45, 7) is 5.58. The molecule has 1 aromatic rings. The topological polar surface area (TPSA) is 53.4 Å². The van der Waals surface area contributed by atoms with Gasteiger partial charge in [0, 0.05) is 17.8 Å². The van der Waals surface area contributed by atoms with Crippen LogP contribution >= 0.6 is 11.3 Å². The zero-order valence-electron chi connectivity index (χ0n) is 12.9. The van der Waals surface area contributed by atoms with Crippen LogP contribution in [0.3, 0.4) is 0 Å². The molecule has 1 aromatic heterocycles. The number of carboxylic acids is 1. The standard InChI is InChI=1S/C16H26N2O2S/c1-2-7-13-14(12-16(19)20)21-15(17-13)8-11-18-9-5-3-4-6-10-18/h2-12H2,1H3,(H,19,20). The maximum absolute atomic E-state index is 10.9. The quantitative estimate of drug-likeness (QED) is 0.840. The Labute approximate surface area is 131 Å². The summed E-state index contributed by atoms with van der Waals surface area (Å²) in [5, 5.41) is 10.1. The van der Waals surface area contributed by atoms with Gasteiger partial charge in [-0.25, -0.2) is 4.98 Å². The number of aromatic nitrogens is 1. The van der Waals surface area contributed by atoms with Crippen molar-refractivity contribution in [3.63, 3.8) is 0 Å². The Morgan fingerprint density at radius 2 is 1.95 bits per heavy atom. The Morgan fingerprint density at radius 1 is 1.24 bits per heavy atom. The minimum absolute atomic E-state index is 0.122. The van der Waals surface area contributed by atoms with Crippen LogP contribution in [0.15, 0.2) is 0 Å². The molecular weight excluding hydrogens is 284 g/mol. The maximum atomic E-state index is 10.9. The second kappa shape index (κ2) is 8.49. The van der Waals surface area contributed by atoms with Gasteiger partial charge in [-0.15, -0.1) is 11.3 Å². The van der Waals surface area contributed by atoms with Crippen molar-refractivity contribution in [2.75, 3.05) is 19.6 Å². The molecule has 0 amide bonds. The van der Waals surface area contributed by atoms with Crippen molar-refractivity contribution in [3.8, 4) is 0 Å². The van der Waals surface area contributed by atoms with Crippen LogP contribution in [-0.2, 0) is 24.1 Å². The fraction of sp³-hybridized carbons (Fsp3) is 0.750. The van der Waals surface area contributed by atoms with Crippen LogP contribution in [0.5, 0.6) is 0 Å². The van der Waals surface area contributed by atoms with Crippen LogP contribution in [0.4, 0.5) is 0 Å². The lowest BCUT2D eigenvalue weighted by atomic mass is 10.2. The average Bonchev–Trinajstić information content (AvgIpc) is 2.65. The van der Waals surface area contributed by atoms with E-state index in [1.807, 2.05) is 0 Å². The van der Waals surface area contributed by atoms with Gasteiger partial charge < -0.3 is 10.0 Å². The number of carbonyl (C=O) groups is 1. The first kappa shape index (κ1) is 16.4. The van der Waals surface area contributed by atoms with Crippen LogP contribution in [0.25, 0.3) is 0 Å². The molecule has 0 aliphatic carbocycles. The van der Waals surface area contributed by atoms with Gasteiger partial charge >= 0.3 is 5.97 Å². The molecule has 1 fully saturated rings. The van der Waals surface area contributed by atoms with Gasteiger partial charge in [0.1, 0.15) is 0 Å². The smallest absolute Gasteiger partial charge is 0.308 e. The second-order valence-electron chi connectivity index (χ2n) is 5.80. The Hall–Kier alpha value is -0.940. The van der Waals surface area contributed by atoms with Crippen molar-refractivity contribution in [3.05, 3.63) is 15.6 Å². The lowest BCUT2D eigenvalue weighted by Crippen LogP contribution is -2.26. The SMILES string of the molecule is CCCc1nc(CCN2CCCCCC2)sc1CC(=O)O. The first-order chi connectivity index (χ1) is 10.2. The molecule has 0 atom stereocenters. The summed E-state index contributed by atoms with van der Waals surface area (Å²) in [5.41, 5.74) is 1.01. The van der Waals surface area contributed by atoms with E-state index >= 15 is 0 Å². The number of rotatable bonds is 7. The molecule has 2 rings (SSSR count). The molecule has 1 saturated heterocycles. The molecule has 118 valence electrons. The molecule has 0 saturated carbocycles. The number of hydrogen-bond donors (Lipinski definition) is 1. The molecule has 1 aliphatic rings. The second-order valence-corrected chi connectivity index (χ2v) is 6.97. The van der Waals surface area contributed by atoms with Crippen LogP contribution in [0, 0.1) is 0 Å². The highest BCUT2D eigenvalue weighted by Crippen LogP contribution is 2.22. The van der Waals surface area contributed by atoms with E-state index in [9.17, 15) is 4.79 Å². The van der Waals surface area contributed by atoms with Crippen molar-refractivity contribution in [2.45, 2.75) is 58.3 Å². The highest BCUT2D eigenvalue weighted by molar-refractivity contribution is 7.11. The normalized spacial score (nSPS) is 16.8. The van der Waals surface area contributed by atoms with Crippen LogP contribution in [-0.4, -0.2) is 40.6 Å². The molecular formula is C16H26N2O2S. The number of carboxylic acid groups (broad SMARTS) is 1. The van der Waals surface area contributed by atoms with E-state index in [0.717, 1.165) is 41.4 Å². The Bertz CT molecular complexity index is 451. The molecule has 0 aromatic carbocycles. The number of hydrogen-bond acceptors (Lipinski definition) is 4. The van der Waals surface area contributed by atoms with E-state index in [0.29, 0.717) is 0 Å².